The van der Waals surface area contributed by atoms with E-state index in [0.717, 1.165) is 22.5 Å². The van der Waals surface area contributed by atoms with E-state index in [0.29, 0.717) is 13.0 Å². The van der Waals surface area contributed by atoms with Crippen molar-refractivity contribution in [2.75, 3.05) is 26.9 Å². The number of aliphatic hydroxyl groups is 2. The van der Waals surface area contributed by atoms with Gasteiger partial charge < -0.3 is 19.7 Å². The second-order valence-electron chi connectivity index (χ2n) is 5.67. The maximum absolute atomic E-state index is 11.9. The van der Waals surface area contributed by atoms with Crippen molar-refractivity contribution in [1.29, 1.82) is 0 Å². The summed E-state index contributed by atoms with van der Waals surface area (Å²) in [5.41, 5.74) is 2.71. The lowest BCUT2D eigenvalue weighted by molar-refractivity contribution is -0.142. The van der Waals surface area contributed by atoms with E-state index in [1.807, 2.05) is 24.3 Å². The summed E-state index contributed by atoms with van der Waals surface area (Å²) >= 11 is 0. The zero-order chi connectivity index (χ0) is 16.8. The van der Waals surface area contributed by atoms with Gasteiger partial charge in [0.25, 0.3) is 0 Å². The second-order valence-corrected chi connectivity index (χ2v) is 5.67. The van der Waals surface area contributed by atoms with Crippen LogP contribution in [0.15, 0.2) is 35.4 Å². The van der Waals surface area contributed by atoms with Crippen LogP contribution >= 0.6 is 0 Å². The monoisotopic (exact) mass is 320 g/mol. The van der Waals surface area contributed by atoms with E-state index in [4.69, 9.17) is 9.47 Å². The van der Waals surface area contributed by atoms with Crippen molar-refractivity contribution >= 4 is 5.97 Å². The minimum Gasteiger partial charge on any atom is -0.497 e. The molecule has 0 heterocycles. The smallest absolute Gasteiger partial charge is 0.309 e. The average molecular weight is 320 g/mol. The molecule has 5 nitrogen and oxygen atoms in total. The fraction of sp³-hybridized carbons (Fsp3) is 0.500. The van der Waals surface area contributed by atoms with Gasteiger partial charge in [-0.25, -0.2) is 0 Å². The number of carbonyl (C=O) groups is 1. The van der Waals surface area contributed by atoms with Crippen molar-refractivity contribution in [1.82, 2.24) is 0 Å². The van der Waals surface area contributed by atoms with E-state index < -0.39 is 0 Å². The van der Waals surface area contributed by atoms with E-state index in [9.17, 15) is 15.0 Å². The molecule has 23 heavy (non-hydrogen) atoms. The summed E-state index contributed by atoms with van der Waals surface area (Å²) in [4.78, 5) is 11.9. The molecule has 2 atom stereocenters. The first kappa shape index (κ1) is 17.5. The molecule has 0 unspecified atom stereocenters. The molecule has 0 amide bonds. The minimum absolute atomic E-state index is 0.00647. The van der Waals surface area contributed by atoms with Crippen LogP contribution < -0.4 is 4.74 Å². The number of benzene rings is 1. The number of rotatable bonds is 7. The molecule has 126 valence electrons. The van der Waals surface area contributed by atoms with Crippen LogP contribution in [0.25, 0.3) is 0 Å². The van der Waals surface area contributed by atoms with Gasteiger partial charge in [-0.2, -0.15) is 0 Å². The molecule has 0 spiro atoms. The summed E-state index contributed by atoms with van der Waals surface area (Å²) in [5, 5.41) is 19.3. The lowest BCUT2D eigenvalue weighted by Gasteiger charge is -2.22. The highest BCUT2D eigenvalue weighted by Gasteiger charge is 2.36. The van der Waals surface area contributed by atoms with Gasteiger partial charge in [0.1, 0.15) is 5.75 Å². The van der Waals surface area contributed by atoms with Gasteiger partial charge in [-0.05, 0) is 48.1 Å². The lowest BCUT2D eigenvalue weighted by atomic mass is 9.84. The van der Waals surface area contributed by atoms with E-state index >= 15 is 0 Å². The molecule has 0 aliphatic heterocycles. The number of methoxy groups -OCH3 is 1. The van der Waals surface area contributed by atoms with Crippen LogP contribution in [0.3, 0.4) is 0 Å². The molecular formula is C18H24O5. The highest BCUT2D eigenvalue weighted by molar-refractivity contribution is 5.73. The van der Waals surface area contributed by atoms with Gasteiger partial charge >= 0.3 is 5.97 Å². The predicted molar refractivity (Wildman–Crippen MR) is 86.3 cm³/mol. The van der Waals surface area contributed by atoms with E-state index in [-0.39, 0.29) is 37.4 Å². The molecule has 1 aromatic carbocycles. The quantitative estimate of drug-likeness (QED) is 0.594. The van der Waals surface area contributed by atoms with E-state index in [1.54, 1.807) is 14.0 Å². The third kappa shape index (κ3) is 3.92. The molecule has 2 rings (SSSR count). The molecule has 2 N–H and O–H groups in total. The first-order chi connectivity index (χ1) is 11.1. The summed E-state index contributed by atoms with van der Waals surface area (Å²) < 4.78 is 10.2. The average Bonchev–Trinajstić information content (AvgIpc) is 2.92. The third-order valence-corrected chi connectivity index (χ3v) is 4.35. The predicted octanol–water partition coefficient (Wildman–Crippen LogP) is 2.03. The highest BCUT2D eigenvalue weighted by Crippen LogP contribution is 2.45. The van der Waals surface area contributed by atoms with E-state index in [1.165, 1.54) is 0 Å². The number of ether oxygens (including phenoxy) is 2. The second kappa shape index (κ2) is 8.13. The molecule has 0 fully saturated rings. The largest absolute Gasteiger partial charge is 0.497 e. The van der Waals surface area contributed by atoms with Crippen LogP contribution in [0.5, 0.6) is 5.75 Å². The Morgan fingerprint density at radius 3 is 2.48 bits per heavy atom. The zero-order valence-electron chi connectivity index (χ0n) is 13.6. The molecular weight excluding hydrogens is 296 g/mol. The molecule has 0 radical (unpaired) electrons. The van der Waals surface area contributed by atoms with Crippen LogP contribution in [0.2, 0.25) is 0 Å². The van der Waals surface area contributed by atoms with Crippen molar-refractivity contribution < 1.29 is 24.5 Å². The Morgan fingerprint density at radius 2 is 1.96 bits per heavy atom. The van der Waals surface area contributed by atoms with Crippen molar-refractivity contribution in [3.05, 3.63) is 41.0 Å². The highest BCUT2D eigenvalue weighted by atomic mass is 16.5. The third-order valence-electron chi connectivity index (χ3n) is 4.35. The summed E-state index contributed by atoms with van der Waals surface area (Å²) in [7, 11) is 1.61. The normalized spacial score (nSPS) is 20.7. The van der Waals surface area contributed by atoms with Crippen molar-refractivity contribution in [2.45, 2.75) is 25.7 Å². The van der Waals surface area contributed by atoms with Gasteiger partial charge in [0.2, 0.25) is 0 Å². The molecule has 1 aromatic rings. The molecule has 0 bridgehead atoms. The van der Waals surface area contributed by atoms with Crippen LogP contribution in [0.4, 0.5) is 0 Å². The Labute approximate surface area is 136 Å². The van der Waals surface area contributed by atoms with Crippen molar-refractivity contribution in [3.8, 4) is 5.75 Å². The molecule has 0 saturated carbocycles. The van der Waals surface area contributed by atoms with Crippen molar-refractivity contribution in [2.24, 2.45) is 5.92 Å². The van der Waals surface area contributed by atoms with E-state index in [2.05, 4.69) is 0 Å². The van der Waals surface area contributed by atoms with Crippen LogP contribution in [0, 0.1) is 5.92 Å². The standard InChI is InChI=1S/C18H24O5/c1-3-23-17(21)9-16-13(10-19)8-14(11-20)18(16)12-4-6-15(22-2)7-5-12/h4-7,14,18-20H,3,8-11H2,1-2H3/t14-,18+/m0/s1. The van der Waals surface area contributed by atoms with Gasteiger partial charge in [-0.1, -0.05) is 12.1 Å². The number of hydrogen-bond acceptors (Lipinski definition) is 5. The van der Waals surface area contributed by atoms with Gasteiger partial charge in [0, 0.05) is 12.5 Å². The van der Waals surface area contributed by atoms with Crippen LogP contribution in [-0.4, -0.2) is 43.1 Å². The Kier molecular flexibility index (Phi) is 6.19. The summed E-state index contributed by atoms with van der Waals surface area (Å²) in [5.74, 6) is 0.337. The number of esters is 1. The fourth-order valence-electron chi connectivity index (χ4n) is 3.29. The first-order valence-corrected chi connectivity index (χ1v) is 7.86. The van der Waals surface area contributed by atoms with Gasteiger partial charge in [0.15, 0.2) is 0 Å². The first-order valence-electron chi connectivity index (χ1n) is 7.86. The summed E-state index contributed by atoms with van der Waals surface area (Å²) in [6.45, 7) is 2.01. The number of aliphatic hydroxyl groups excluding tert-OH is 2. The fourth-order valence-corrected chi connectivity index (χ4v) is 3.29. The number of carbonyl (C=O) groups excluding carboxylic acids is 1. The molecule has 1 aliphatic carbocycles. The van der Waals surface area contributed by atoms with Gasteiger partial charge in [-0.3, -0.25) is 4.79 Å². The Hall–Kier alpha value is -1.85. The van der Waals surface area contributed by atoms with Crippen LogP contribution in [-0.2, 0) is 9.53 Å². The zero-order valence-corrected chi connectivity index (χ0v) is 13.6. The van der Waals surface area contributed by atoms with Gasteiger partial charge in [0.05, 0.1) is 26.7 Å². The molecule has 5 heteroatoms. The Balaban J connectivity index is 2.33. The Morgan fingerprint density at radius 1 is 1.26 bits per heavy atom. The summed E-state index contributed by atoms with van der Waals surface area (Å²) in [6.07, 6.45) is 0.745. The van der Waals surface area contributed by atoms with Gasteiger partial charge in [-0.15, -0.1) is 0 Å². The minimum atomic E-state index is -0.300. The molecule has 0 aromatic heterocycles. The van der Waals surface area contributed by atoms with Crippen molar-refractivity contribution in [3.63, 3.8) is 0 Å². The Bertz CT molecular complexity index is 561. The van der Waals surface area contributed by atoms with Crippen LogP contribution in [0.1, 0.15) is 31.2 Å². The number of hydrogen-bond donors (Lipinski definition) is 2. The SMILES string of the molecule is CCOC(=O)CC1=C(CO)C[C@@H](CO)[C@H]1c1ccc(OC)cc1. The topological polar surface area (TPSA) is 76.0 Å². The molecule has 0 saturated heterocycles. The lowest BCUT2D eigenvalue weighted by Crippen LogP contribution is -2.16. The summed E-state index contributed by atoms with van der Waals surface area (Å²) in [6, 6.07) is 7.61. The molecule has 1 aliphatic rings. The maximum Gasteiger partial charge on any atom is 0.309 e. The maximum atomic E-state index is 11.9.